The van der Waals surface area contributed by atoms with Crippen molar-refractivity contribution in [2.24, 2.45) is 0 Å². The van der Waals surface area contributed by atoms with Crippen LogP contribution in [0, 0.1) is 0 Å². The summed E-state index contributed by atoms with van der Waals surface area (Å²) in [6, 6.07) is 12.1. The third-order valence-electron chi connectivity index (χ3n) is 5.21. The highest BCUT2D eigenvalue weighted by molar-refractivity contribution is 6.33. The molecular formula is C23H22ClN3O5. The van der Waals surface area contributed by atoms with Gasteiger partial charge in [-0.15, -0.1) is 0 Å². The van der Waals surface area contributed by atoms with Crippen LogP contribution in [-0.4, -0.2) is 39.3 Å². The molecule has 4 rings (SSSR count). The van der Waals surface area contributed by atoms with Gasteiger partial charge in [-0.1, -0.05) is 11.6 Å². The second-order valence-corrected chi connectivity index (χ2v) is 7.29. The molecule has 1 atom stereocenters. The van der Waals surface area contributed by atoms with Gasteiger partial charge in [0.05, 0.1) is 56.1 Å². The van der Waals surface area contributed by atoms with Crippen LogP contribution in [0.25, 0.3) is 0 Å². The Bertz CT molecular complexity index is 1170. The van der Waals surface area contributed by atoms with Gasteiger partial charge in [0, 0.05) is 24.4 Å². The zero-order valence-corrected chi connectivity index (χ0v) is 18.8. The van der Waals surface area contributed by atoms with Crippen LogP contribution in [0.4, 0.5) is 11.4 Å². The van der Waals surface area contributed by atoms with E-state index < -0.39 is 6.17 Å². The molecule has 2 heterocycles. The van der Waals surface area contributed by atoms with E-state index in [4.69, 9.17) is 30.5 Å². The number of nitrogens with one attached hydrogen (secondary N) is 1. The fourth-order valence-corrected chi connectivity index (χ4v) is 3.92. The van der Waals surface area contributed by atoms with E-state index in [1.807, 2.05) is 0 Å². The second-order valence-electron chi connectivity index (χ2n) is 6.88. The fraction of sp³-hybridized carbons (Fsp3) is 0.217. The Morgan fingerprint density at radius 2 is 1.69 bits per heavy atom. The lowest BCUT2D eigenvalue weighted by molar-refractivity contribution is 0.0992. The Labute approximate surface area is 190 Å². The molecule has 9 heteroatoms. The number of aromatic nitrogens is 1. The van der Waals surface area contributed by atoms with Crippen molar-refractivity contribution in [3.63, 3.8) is 0 Å². The molecule has 1 aliphatic rings. The molecule has 0 radical (unpaired) electrons. The molecule has 0 spiro atoms. The van der Waals surface area contributed by atoms with E-state index in [2.05, 4.69) is 10.3 Å². The van der Waals surface area contributed by atoms with Gasteiger partial charge in [0.25, 0.3) is 5.91 Å². The first-order valence-corrected chi connectivity index (χ1v) is 10.1. The summed E-state index contributed by atoms with van der Waals surface area (Å²) in [5.74, 6) is 1.86. The number of fused-ring (bicyclic) bond motifs is 1. The molecule has 8 nitrogen and oxygen atoms in total. The molecule has 0 unspecified atom stereocenters. The van der Waals surface area contributed by atoms with Gasteiger partial charge in [0.1, 0.15) is 23.0 Å². The molecule has 32 heavy (non-hydrogen) atoms. The van der Waals surface area contributed by atoms with Crippen LogP contribution in [-0.2, 0) is 0 Å². The van der Waals surface area contributed by atoms with E-state index in [1.54, 1.807) is 74.9 Å². The highest BCUT2D eigenvalue weighted by atomic mass is 35.5. The first-order chi connectivity index (χ1) is 15.5. The van der Waals surface area contributed by atoms with Crippen molar-refractivity contribution >= 4 is 28.9 Å². The van der Waals surface area contributed by atoms with Gasteiger partial charge in [0.2, 0.25) is 0 Å². The molecule has 1 aliphatic heterocycles. The summed E-state index contributed by atoms with van der Waals surface area (Å²) >= 11 is 6.54. The zero-order valence-electron chi connectivity index (χ0n) is 18.0. The summed E-state index contributed by atoms with van der Waals surface area (Å²) in [5, 5.41) is 3.71. The number of benzene rings is 2. The maximum atomic E-state index is 13.5. The minimum atomic E-state index is -0.681. The van der Waals surface area contributed by atoms with Crippen molar-refractivity contribution in [1.29, 1.82) is 0 Å². The molecule has 1 N–H and O–H groups in total. The summed E-state index contributed by atoms with van der Waals surface area (Å²) in [5.41, 5.74) is 2.05. The van der Waals surface area contributed by atoms with Crippen molar-refractivity contribution in [3.8, 4) is 23.0 Å². The molecule has 0 bridgehead atoms. The monoisotopic (exact) mass is 455 g/mol. The zero-order chi connectivity index (χ0) is 22.8. The largest absolute Gasteiger partial charge is 0.497 e. The Morgan fingerprint density at radius 1 is 0.938 bits per heavy atom. The lowest BCUT2D eigenvalue weighted by atomic mass is 10.2. The van der Waals surface area contributed by atoms with Crippen LogP contribution in [0.5, 0.6) is 23.0 Å². The van der Waals surface area contributed by atoms with E-state index in [0.717, 1.165) is 0 Å². The number of methoxy groups -OCH3 is 4. The summed E-state index contributed by atoms with van der Waals surface area (Å²) in [4.78, 5) is 19.5. The summed E-state index contributed by atoms with van der Waals surface area (Å²) in [6.07, 6.45) is 0.958. The highest BCUT2D eigenvalue weighted by Gasteiger charge is 2.41. The summed E-state index contributed by atoms with van der Waals surface area (Å²) in [6.45, 7) is 0. The highest BCUT2D eigenvalue weighted by Crippen LogP contribution is 2.45. The number of halogens is 1. The number of nitrogens with zero attached hydrogens (tertiary/aromatic N) is 2. The van der Waals surface area contributed by atoms with Crippen molar-refractivity contribution in [2.75, 3.05) is 38.7 Å². The molecule has 3 aromatic rings. The molecule has 1 amide bonds. The van der Waals surface area contributed by atoms with Crippen molar-refractivity contribution in [3.05, 3.63) is 64.9 Å². The number of carbonyl (C=O) groups is 1. The molecular weight excluding hydrogens is 434 g/mol. The molecule has 0 aliphatic carbocycles. The van der Waals surface area contributed by atoms with Gasteiger partial charge in [-0.2, -0.15) is 0 Å². The van der Waals surface area contributed by atoms with Gasteiger partial charge in [-0.25, -0.2) is 0 Å². The maximum absolute atomic E-state index is 13.5. The SMILES string of the molecule is COc1cc(Cl)c(N[C@H]2c3ncccc3C(=O)N2c2cc(OC)ccc2OC)c(OC)c1. The van der Waals surface area contributed by atoms with Crippen LogP contribution < -0.4 is 29.2 Å². The third-order valence-corrected chi connectivity index (χ3v) is 5.51. The van der Waals surface area contributed by atoms with Gasteiger partial charge < -0.3 is 24.3 Å². The minimum Gasteiger partial charge on any atom is -0.497 e. The fourth-order valence-electron chi connectivity index (χ4n) is 3.67. The topological polar surface area (TPSA) is 82.2 Å². The van der Waals surface area contributed by atoms with Crippen LogP contribution >= 0.6 is 11.6 Å². The van der Waals surface area contributed by atoms with E-state index in [9.17, 15) is 4.79 Å². The molecule has 0 saturated carbocycles. The summed E-state index contributed by atoms with van der Waals surface area (Å²) in [7, 11) is 6.18. The molecule has 0 fully saturated rings. The number of pyridine rings is 1. The Kier molecular flexibility index (Phi) is 5.96. The average molecular weight is 456 g/mol. The van der Waals surface area contributed by atoms with Crippen LogP contribution in [0.15, 0.2) is 48.7 Å². The predicted molar refractivity (Wildman–Crippen MR) is 122 cm³/mol. The van der Waals surface area contributed by atoms with Gasteiger partial charge >= 0.3 is 0 Å². The first-order valence-electron chi connectivity index (χ1n) is 9.71. The molecule has 166 valence electrons. The molecule has 0 saturated heterocycles. The van der Waals surface area contributed by atoms with Gasteiger partial charge in [-0.3, -0.25) is 14.7 Å². The van der Waals surface area contributed by atoms with Crippen LogP contribution in [0.1, 0.15) is 22.2 Å². The van der Waals surface area contributed by atoms with Crippen LogP contribution in [0.2, 0.25) is 5.02 Å². The molecule has 1 aromatic heterocycles. The Balaban J connectivity index is 1.87. The number of carbonyl (C=O) groups excluding carboxylic acids is 1. The maximum Gasteiger partial charge on any atom is 0.262 e. The standard InChI is InChI=1S/C23H22ClN3O5/c1-29-13-7-8-18(31-3)17(11-13)27-22(20-15(23(27)28)6-5-9-25-20)26-21-16(24)10-14(30-2)12-19(21)32-4/h5-12,22,26H,1-4H3/t22-/m1/s1. The van der Waals surface area contributed by atoms with Crippen molar-refractivity contribution < 1.29 is 23.7 Å². The lowest BCUT2D eigenvalue weighted by Crippen LogP contribution is -2.33. The van der Waals surface area contributed by atoms with Crippen LogP contribution in [0.3, 0.4) is 0 Å². The van der Waals surface area contributed by atoms with E-state index in [-0.39, 0.29) is 5.91 Å². The van der Waals surface area contributed by atoms with Crippen molar-refractivity contribution in [1.82, 2.24) is 4.98 Å². The number of ether oxygens (including phenoxy) is 4. The number of hydrogen-bond donors (Lipinski definition) is 1. The predicted octanol–water partition coefficient (Wildman–Crippen LogP) is 4.54. The normalized spacial score (nSPS) is 14.7. The molecule has 2 aromatic carbocycles. The lowest BCUT2D eigenvalue weighted by Gasteiger charge is -2.29. The number of amides is 1. The first kappa shape index (κ1) is 21.6. The summed E-state index contributed by atoms with van der Waals surface area (Å²) < 4.78 is 21.7. The van der Waals surface area contributed by atoms with E-state index >= 15 is 0 Å². The smallest absolute Gasteiger partial charge is 0.262 e. The van der Waals surface area contributed by atoms with Gasteiger partial charge in [0.15, 0.2) is 6.17 Å². The number of anilines is 2. The number of rotatable bonds is 7. The van der Waals surface area contributed by atoms with Gasteiger partial charge in [-0.05, 0) is 24.3 Å². The second kappa shape index (κ2) is 8.84. The Morgan fingerprint density at radius 3 is 2.38 bits per heavy atom. The third kappa shape index (κ3) is 3.62. The van der Waals surface area contributed by atoms with E-state index in [0.29, 0.717) is 50.7 Å². The number of hydrogen-bond acceptors (Lipinski definition) is 7. The van der Waals surface area contributed by atoms with E-state index in [1.165, 1.54) is 7.11 Å². The quantitative estimate of drug-likeness (QED) is 0.560. The average Bonchev–Trinajstić information content (AvgIpc) is 3.11. The Hall–Kier alpha value is -3.65. The minimum absolute atomic E-state index is 0.235. The van der Waals surface area contributed by atoms with Crippen molar-refractivity contribution in [2.45, 2.75) is 6.17 Å².